The first-order valence-electron chi connectivity index (χ1n) is 44.7. The van der Waals surface area contributed by atoms with Gasteiger partial charge in [-0.1, -0.05) is 154 Å². The molecule has 12 N–H and O–H groups in total. The molecule has 12 atom stereocenters. The van der Waals surface area contributed by atoms with Crippen molar-refractivity contribution in [3.63, 3.8) is 0 Å². The lowest BCUT2D eigenvalue weighted by Crippen LogP contribution is -2.65. The summed E-state index contributed by atoms with van der Waals surface area (Å²) in [5, 5.41) is 35.2. The second-order valence-corrected chi connectivity index (χ2v) is 45.0. The summed E-state index contributed by atoms with van der Waals surface area (Å²) in [6.45, 7) is 29.9. The van der Waals surface area contributed by atoms with Gasteiger partial charge in [-0.15, -0.1) is 0 Å². The van der Waals surface area contributed by atoms with E-state index < -0.39 is 189 Å². The molecule has 32 nitrogen and oxygen atoms in total. The highest BCUT2D eigenvalue weighted by atomic mass is 33.1. The molecule has 4 spiro atoms. The summed E-state index contributed by atoms with van der Waals surface area (Å²) in [6.07, 6.45) is 5.16. The Kier molecular flexibility index (Phi) is 39.2. The molecule has 0 aromatic carbocycles. The number of nitrogens with one attached hydrogen (secondary N) is 12. The van der Waals surface area contributed by atoms with Gasteiger partial charge < -0.3 is 82.7 Å². The number of esters is 4. The van der Waals surface area contributed by atoms with E-state index in [4.69, 9.17) is 18.9 Å². The Labute approximate surface area is 748 Å². The highest BCUT2D eigenvalue weighted by molar-refractivity contribution is 8.77. The van der Waals surface area contributed by atoms with Crippen LogP contribution in [0.5, 0.6) is 0 Å². The van der Waals surface area contributed by atoms with Gasteiger partial charge in [-0.3, -0.25) is 57.5 Å². The van der Waals surface area contributed by atoms with Crippen molar-refractivity contribution in [3.8, 4) is 0 Å². The summed E-state index contributed by atoms with van der Waals surface area (Å²) >= 11 is 0. The van der Waals surface area contributed by atoms with E-state index in [-0.39, 0.29) is 158 Å². The molecule has 12 amide bonds. The van der Waals surface area contributed by atoms with Gasteiger partial charge in [0, 0.05) is 23.0 Å². The molecule has 9 aliphatic rings. The molecule has 0 aromatic heterocycles. The van der Waals surface area contributed by atoms with Crippen molar-refractivity contribution in [3.05, 3.63) is 0 Å². The first-order chi connectivity index (χ1) is 58.2. The van der Waals surface area contributed by atoms with Crippen LogP contribution in [0.1, 0.15) is 239 Å². The fraction of sp³-hybridized carbons (Fsp3) is 0.818. The van der Waals surface area contributed by atoms with Crippen molar-refractivity contribution >= 4 is 138 Å². The fourth-order valence-corrected chi connectivity index (χ4v) is 25.0. The predicted molar refractivity (Wildman–Crippen MR) is 476 cm³/mol. The first-order valence-corrected chi connectivity index (χ1v) is 49.7. The fourth-order valence-electron chi connectivity index (χ4n) is 20.3. The summed E-state index contributed by atoms with van der Waals surface area (Å²) in [6, 6.07) is -15.0. The van der Waals surface area contributed by atoms with Crippen molar-refractivity contribution in [2.24, 2.45) is 92.7 Å². The third-order valence-corrected chi connectivity index (χ3v) is 29.9. The predicted octanol–water partition coefficient (Wildman–Crippen LogP) is 6.81. The molecule has 36 heteroatoms. The zero-order chi connectivity index (χ0) is 92.2. The maximum Gasteiger partial charge on any atom is 0.328 e. The topological polar surface area (TPSA) is 454 Å². The van der Waals surface area contributed by atoms with Crippen molar-refractivity contribution in [2.45, 2.75) is 312 Å². The Morgan fingerprint density at radius 1 is 0.282 bits per heavy atom. The average Bonchev–Trinajstić information content (AvgIpc) is 0.715. The zero-order valence-corrected chi connectivity index (χ0v) is 79.9. The zero-order valence-electron chi connectivity index (χ0n) is 76.6. The number of ether oxygens (including phenoxy) is 4. The molecular formula is C88H144N12O20S4. The highest BCUT2D eigenvalue weighted by Crippen LogP contribution is 2.67. The van der Waals surface area contributed by atoms with E-state index >= 15 is 38.4 Å². The van der Waals surface area contributed by atoms with E-state index in [9.17, 15) is 38.4 Å². The molecule has 12 unspecified atom stereocenters. The van der Waals surface area contributed by atoms with Crippen LogP contribution in [0.3, 0.4) is 0 Å². The maximum atomic E-state index is 16.0. The minimum atomic E-state index is -1.43. The highest BCUT2D eigenvalue weighted by Gasteiger charge is 2.65. The van der Waals surface area contributed by atoms with Crippen LogP contribution in [0.4, 0.5) is 0 Å². The summed E-state index contributed by atoms with van der Waals surface area (Å²) in [7, 11) is 9.14. The number of rotatable bonds is 36. The van der Waals surface area contributed by atoms with Crippen LogP contribution in [0.25, 0.3) is 0 Å². The Balaban J connectivity index is 1.36. The van der Waals surface area contributed by atoms with Gasteiger partial charge in [0.05, 0.1) is 50.1 Å². The van der Waals surface area contributed by atoms with E-state index in [0.29, 0.717) is 64.2 Å². The molecule has 1 saturated heterocycles. The number of carbonyl (C=O) groups is 16. The minimum Gasteiger partial charge on any atom is -0.467 e. The number of carbonyl (C=O) groups excluding carboxylic acids is 16. The van der Waals surface area contributed by atoms with Gasteiger partial charge >= 0.3 is 23.9 Å². The number of hydrogen-bond acceptors (Lipinski definition) is 24. The molecule has 700 valence electrons. The van der Waals surface area contributed by atoms with Crippen LogP contribution in [0.15, 0.2) is 0 Å². The maximum absolute atomic E-state index is 16.0. The molecule has 1 heterocycles. The van der Waals surface area contributed by atoms with Crippen molar-refractivity contribution in [1.29, 1.82) is 0 Å². The lowest BCUT2D eigenvalue weighted by molar-refractivity contribution is -0.169. The van der Waals surface area contributed by atoms with Crippen molar-refractivity contribution in [2.75, 3.05) is 51.5 Å². The quantitative estimate of drug-likeness (QED) is 0.0174. The number of methoxy groups -OCH3 is 4. The summed E-state index contributed by atoms with van der Waals surface area (Å²) in [5.74, 6) is -13.4. The van der Waals surface area contributed by atoms with Crippen LogP contribution >= 0.6 is 43.2 Å². The van der Waals surface area contributed by atoms with Crippen LogP contribution in [0.2, 0.25) is 0 Å². The lowest BCUT2D eigenvalue weighted by atomic mass is 9.43. The molecule has 8 saturated carbocycles. The lowest BCUT2D eigenvalue weighted by Gasteiger charge is -2.60. The van der Waals surface area contributed by atoms with E-state index in [1.807, 2.05) is 111 Å². The SMILES string of the molecule is COC(=O)C(CC(C)C)NC(=O)C(CC(C)C)NC(=O)C1CSSCC(C(=O)NC(CC(C)C)C(=O)NC(CC(C)C)C(=O)OC)NC(=O)C23CC4CC(C2)CC(C4)(C3)C(=O)NC(C(=O)NC(CC(C)C)C(=O)NC(CC(C)C)C(=O)OC)CSSCC(C(=O)NC(CC(C)C)C(=O)NC(CC(C)C)C(=O)OC)NC(=O)C23CC4CC(CC(C4)(C2)C(=O)N1)C3. The second-order valence-electron chi connectivity index (χ2n) is 39.9. The van der Waals surface area contributed by atoms with Crippen LogP contribution in [0, 0.1) is 92.7 Å². The standard InChI is InChI=1S/C88H144N12O20S4/c1-45(2)21-57(69(101)93-61(25-49(9)10)77(109)117-17)89-73(105)65-39-121-122-40-66(74(106)90-58(22-46(3)4)70(102)94-62(26-50(11)12)78(110)118-18)98-83(115)87-35-55-30-56(36-87)38-88(37-55,44-87)84(116)100-68(76(108)92-60(24-48(7)8)72(104)96-64(28-52(15)16)80(112)120-20)42-124-123-41-67(75(107)91-59(23-47(5)6)71(103)95-63(27-51(13)14)79(111)119-19)99-82(114)86-33-53-29-54(34-86)32-85(31-53,43-86)81(113)97-65/h45-68H,21-44H2,1-20H3,(H,89,105)(H,90,106)(H,91,107)(H,92,108)(H,93,101)(H,94,102)(H,95,103)(H,96,104)(H,97,113)(H,98,115)(H,99,114)(H,100,116). The molecule has 9 fully saturated rings. The Morgan fingerprint density at radius 2 is 0.444 bits per heavy atom. The van der Waals surface area contributed by atoms with Gasteiger partial charge in [0.2, 0.25) is 70.9 Å². The normalized spacial score (nSPS) is 28.0. The van der Waals surface area contributed by atoms with Gasteiger partial charge in [-0.05, 0) is 199 Å². The Hall–Kier alpha value is -7.08. The molecule has 0 radical (unpaired) electrons. The summed E-state index contributed by atoms with van der Waals surface area (Å²) < 4.78 is 20.4. The van der Waals surface area contributed by atoms with Crippen molar-refractivity contribution in [1.82, 2.24) is 63.8 Å². The smallest absolute Gasteiger partial charge is 0.328 e. The van der Waals surface area contributed by atoms with E-state index in [1.165, 1.54) is 28.4 Å². The van der Waals surface area contributed by atoms with Gasteiger partial charge in [0.25, 0.3) is 0 Å². The monoisotopic (exact) mass is 1820 g/mol. The van der Waals surface area contributed by atoms with Gasteiger partial charge in [0.15, 0.2) is 0 Å². The molecule has 0 aromatic rings. The second kappa shape index (κ2) is 46.8. The van der Waals surface area contributed by atoms with Crippen LogP contribution in [-0.4, -0.2) is 219 Å². The number of hydrogen-bond donors (Lipinski definition) is 12. The third-order valence-electron chi connectivity index (χ3n) is 25.0. The van der Waals surface area contributed by atoms with Gasteiger partial charge in [0.1, 0.15) is 72.5 Å². The van der Waals surface area contributed by atoms with E-state index in [2.05, 4.69) is 63.8 Å². The van der Waals surface area contributed by atoms with E-state index in [1.54, 1.807) is 0 Å². The first kappa shape index (κ1) is 104. The molecule has 8 aliphatic carbocycles. The summed E-state index contributed by atoms with van der Waals surface area (Å²) in [4.78, 5) is 237. The third kappa shape index (κ3) is 29.0. The molecule has 9 rings (SSSR count). The minimum absolute atomic E-state index is 0.0192. The molecular weight excluding hydrogens is 1670 g/mol. The van der Waals surface area contributed by atoms with Gasteiger partial charge in [-0.2, -0.15) is 0 Å². The average molecular weight is 1820 g/mol. The molecule has 1 aliphatic heterocycles. The largest absolute Gasteiger partial charge is 0.467 e. The molecule has 124 heavy (non-hydrogen) atoms. The Bertz CT molecular complexity index is 3300. The molecule has 8 bridgehead atoms. The van der Waals surface area contributed by atoms with Gasteiger partial charge in [-0.25, -0.2) is 19.2 Å². The summed E-state index contributed by atoms with van der Waals surface area (Å²) in [5.41, 5.74) is -5.12. The van der Waals surface area contributed by atoms with E-state index in [0.717, 1.165) is 43.2 Å². The van der Waals surface area contributed by atoms with Crippen LogP contribution in [-0.2, 0) is 95.7 Å². The Morgan fingerprint density at radius 3 is 0.597 bits per heavy atom. The van der Waals surface area contributed by atoms with Crippen molar-refractivity contribution < 1.29 is 95.7 Å². The number of amides is 12. The van der Waals surface area contributed by atoms with Crippen LogP contribution < -0.4 is 63.8 Å².